The zero-order valence-electron chi connectivity index (χ0n) is 9.85. The summed E-state index contributed by atoms with van der Waals surface area (Å²) >= 11 is 5.10. The molecule has 0 amide bonds. The van der Waals surface area contributed by atoms with E-state index in [1.54, 1.807) is 12.1 Å². The first-order chi connectivity index (χ1) is 9.22. The molecule has 0 saturated heterocycles. The zero-order valence-corrected chi connectivity index (χ0v) is 10.7. The molecule has 94 valence electrons. The highest BCUT2D eigenvalue weighted by molar-refractivity contribution is 7.71. The average Bonchev–Trinajstić information content (AvgIpc) is 2.41. The number of halogens is 1. The van der Waals surface area contributed by atoms with Crippen LogP contribution < -0.4 is 5.32 Å². The molecule has 2 aromatic carbocycles. The number of aromatic nitrogens is 2. The summed E-state index contributed by atoms with van der Waals surface area (Å²) in [6, 6.07) is 13.8. The molecule has 0 aliphatic heterocycles. The molecule has 0 fully saturated rings. The SMILES string of the molecule is Fc1ccc(Nc2nc(=S)[nH]c3ccccc23)cc1. The summed E-state index contributed by atoms with van der Waals surface area (Å²) < 4.78 is 13.3. The molecule has 3 rings (SSSR count). The molecular formula is C14H10FN3S. The third kappa shape index (κ3) is 2.46. The first kappa shape index (κ1) is 11.8. The second-order valence-corrected chi connectivity index (χ2v) is 4.45. The standard InChI is InChI=1S/C14H10FN3S/c15-9-5-7-10(8-6-9)16-13-11-3-1-2-4-12(11)17-14(19)18-13/h1-8H,(H2,16,17,18,19). The van der Waals surface area contributed by atoms with E-state index in [-0.39, 0.29) is 5.82 Å². The molecule has 0 spiro atoms. The summed E-state index contributed by atoms with van der Waals surface area (Å²) in [7, 11) is 0. The number of para-hydroxylation sites is 1. The van der Waals surface area contributed by atoms with Crippen molar-refractivity contribution in [3.05, 3.63) is 59.1 Å². The fourth-order valence-electron chi connectivity index (χ4n) is 1.87. The van der Waals surface area contributed by atoms with Crippen LogP contribution in [0.2, 0.25) is 0 Å². The van der Waals surface area contributed by atoms with Gasteiger partial charge >= 0.3 is 0 Å². The Bertz CT molecular complexity index is 781. The number of hydrogen-bond donors (Lipinski definition) is 2. The van der Waals surface area contributed by atoms with E-state index < -0.39 is 0 Å². The summed E-state index contributed by atoms with van der Waals surface area (Å²) in [5, 5.41) is 4.08. The lowest BCUT2D eigenvalue weighted by atomic mass is 10.2. The molecule has 0 aliphatic carbocycles. The molecule has 0 saturated carbocycles. The average molecular weight is 271 g/mol. The summed E-state index contributed by atoms with van der Waals surface area (Å²) in [6.45, 7) is 0. The Hall–Kier alpha value is -2.27. The van der Waals surface area contributed by atoms with Crippen LogP contribution in [0.25, 0.3) is 10.9 Å². The number of H-pyrrole nitrogens is 1. The number of hydrogen-bond acceptors (Lipinski definition) is 3. The van der Waals surface area contributed by atoms with Crippen molar-refractivity contribution in [1.82, 2.24) is 9.97 Å². The van der Waals surface area contributed by atoms with Crippen LogP contribution >= 0.6 is 12.2 Å². The second-order valence-electron chi connectivity index (χ2n) is 4.07. The fraction of sp³-hybridized carbons (Fsp3) is 0. The molecular weight excluding hydrogens is 261 g/mol. The lowest BCUT2D eigenvalue weighted by Gasteiger charge is -2.08. The predicted molar refractivity (Wildman–Crippen MR) is 76.6 cm³/mol. The van der Waals surface area contributed by atoms with Gasteiger partial charge in [-0.15, -0.1) is 0 Å². The van der Waals surface area contributed by atoms with Crippen molar-refractivity contribution in [3.8, 4) is 0 Å². The van der Waals surface area contributed by atoms with Gasteiger partial charge in [-0.3, -0.25) is 0 Å². The van der Waals surface area contributed by atoms with E-state index in [4.69, 9.17) is 12.2 Å². The van der Waals surface area contributed by atoms with E-state index in [2.05, 4.69) is 15.3 Å². The Labute approximate surface area is 114 Å². The van der Waals surface area contributed by atoms with Crippen LogP contribution in [-0.4, -0.2) is 9.97 Å². The highest BCUT2D eigenvalue weighted by atomic mass is 32.1. The van der Waals surface area contributed by atoms with E-state index in [1.807, 2.05) is 24.3 Å². The summed E-state index contributed by atoms with van der Waals surface area (Å²) in [5.41, 5.74) is 1.67. The van der Waals surface area contributed by atoms with Gasteiger partial charge in [-0.05, 0) is 48.6 Å². The van der Waals surface area contributed by atoms with Crippen molar-refractivity contribution < 1.29 is 4.39 Å². The normalized spacial score (nSPS) is 10.6. The zero-order chi connectivity index (χ0) is 13.2. The summed E-state index contributed by atoms with van der Waals surface area (Å²) in [6.07, 6.45) is 0. The van der Waals surface area contributed by atoms with E-state index >= 15 is 0 Å². The minimum absolute atomic E-state index is 0.270. The van der Waals surface area contributed by atoms with Crippen LogP contribution in [0.15, 0.2) is 48.5 Å². The van der Waals surface area contributed by atoms with Gasteiger partial charge in [-0.25, -0.2) is 9.37 Å². The number of nitrogens with zero attached hydrogens (tertiary/aromatic N) is 1. The minimum atomic E-state index is -0.270. The van der Waals surface area contributed by atoms with Crippen molar-refractivity contribution >= 4 is 34.6 Å². The molecule has 0 aliphatic rings. The molecule has 3 aromatic rings. The molecule has 19 heavy (non-hydrogen) atoms. The van der Waals surface area contributed by atoms with Crippen LogP contribution in [0.4, 0.5) is 15.9 Å². The van der Waals surface area contributed by atoms with E-state index in [9.17, 15) is 4.39 Å². The van der Waals surface area contributed by atoms with Gasteiger partial charge in [0.1, 0.15) is 11.6 Å². The molecule has 0 atom stereocenters. The van der Waals surface area contributed by atoms with Gasteiger partial charge in [-0.2, -0.15) is 0 Å². The van der Waals surface area contributed by atoms with E-state index in [1.165, 1.54) is 12.1 Å². The van der Waals surface area contributed by atoms with Gasteiger partial charge in [0.05, 0.1) is 5.52 Å². The number of rotatable bonds is 2. The third-order valence-corrected chi connectivity index (χ3v) is 2.94. The third-order valence-electron chi connectivity index (χ3n) is 2.74. The van der Waals surface area contributed by atoms with Gasteiger partial charge in [-0.1, -0.05) is 12.1 Å². The van der Waals surface area contributed by atoms with Crippen LogP contribution in [0, 0.1) is 10.6 Å². The van der Waals surface area contributed by atoms with Crippen LogP contribution in [0.5, 0.6) is 0 Å². The Morgan fingerprint density at radius 3 is 2.58 bits per heavy atom. The highest BCUT2D eigenvalue weighted by Crippen LogP contribution is 2.22. The minimum Gasteiger partial charge on any atom is -0.340 e. The first-order valence-corrected chi connectivity index (χ1v) is 6.15. The quantitative estimate of drug-likeness (QED) is 0.687. The van der Waals surface area contributed by atoms with E-state index in [0.717, 1.165) is 16.6 Å². The number of anilines is 2. The van der Waals surface area contributed by atoms with Crippen molar-refractivity contribution in [3.63, 3.8) is 0 Å². The monoisotopic (exact) mass is 271 g/mol. The van der Waals surface area contributed by atoms with Gasteiger partial charge in [0.15, 0.2) is 4.77 Å². The molecule has 0 unspecified atom stereocenters. The molecule has 2 N–H and O–H groups in total. The maximum Gasteiger partial charge on any atom is 0.199 e. The summed E-state index contributed by atoms with van der Waals surface area (Å²) in [5.74, 6) is 0.389. The second kappa shape index (κ2) is 4.78. The Morgan fingerprint density at radius 1 is 1.05 bits per heavy atom. The van der Waals surface area contributed by atoms with Gasteiger partial charge < -0.3 is 10.3 Å². The number of aromatic amines is 1. The lowest BCUT2D eigenvalue weighted by Crippen LogP contribution is -1.97. The smallest absolute Gasteiger partial charge is 0.199 e. The molecule has 3 nitrogen and oxygen atoms in total. The highest BCUT2D eigenvalue weighted by Gasteiger charge is 2.03. The van der Waals surface area contributed by atoms with Crippen molar-refractivity contribution in [2.75, 3.05) is 5.32 Å². The Morgan fingerprint density at radius 2 is 1.79 bits per heavy atom. The Kier molecular flexibility index (Phi) is 2.97. The molecule has 0 bridgehead atoms. The number of fused-ring (bicyclic) bond motifs is 1. The topological polar surface area (TPSA) is 40.7 Å². The van der Waals surface area contributed by atoms with Crippen LogP contribution in [0.1, 0.15) is 0 Å². The van der Waals surface area contributed by atoms with E-state index in [0.29, 0.717) is 10.6 Å². The van der Waals surface area contributed by atoms with Crippen molar-refractivity contribution in [2.24, 2.45) is 0 Å². The van der Waals surface area contributed by atoms with Gasteiger partial charge in [0, 0.05) is 11.1 Å². The predicted octanol–water partition coefficient (Wildman–Crippen LogP) is 4.18. The maximum absolute atomic E-state index is 12.9. The molecule has 0 radical (unpaired) electrons. The number of benzene rings is 2. The van der Waals surface area contributed by atoms with Crippen LogP contribution in [0.3, 0.4) is 0 Å². The van der Waals surface area contributed by atoms with Crippen molar-refractivity contribution in [2.45, 2.75) is 0 Å². The van der Waals surface area contributed by atoms with Gasteiger partial charge in [0.2, 0.25) is 0 Å². The van der Waals surface area contributed by atoms with Gasteiger partial charge in [0.25, 0.3) is 0 Å². The number of nitrogens with one attached hydrogen (secondary N) is 2. The Balaban J connectivity index is 2.09. The molecule has 1 aromatic heterocycles. The summed E-state index contributed by atoms with van der Waals surface area (Å²) in [4.78, 5) is 7.30. The molecule has 1 heterocycles. The fourth-order valence-corrected chi connectivity index (χ4v) is 2.07. The molecule has 5 heteroatoms. The maximum atomic E-state index is 12.9. The largest absolute Gasteiger partial charge is 0.340 e. The first-order valence-electron chi connectivity index (χ1n) is 5.74. The van der Waals surface area contributed by atoms with Crippen molar-refractivity contribution in [1.29, 1.82) is 0 Å². The lowest BCUT2D eigenvalue weighted by molar-refractivity contribution is 0.628. The van der Waals surface area contributed by atoms with Crippen LogP contribution in [-0.2, 0) is 0 Å².